The monoisotopic (exact) mass is 1230 g/mol. The van der Waals surface area contributed by atoms with E-state index in [1.807, 2.05) is 0 Å². The van der Waals surface area contributed by atoms with Crippen LogP contribution in [0.1, 0.15) is 50.1 Å². The van der Waals surface area contributed by atoms with Crippen molar-refractivity contribution in [3.8, 4) is 89.9 Å². The molecule has 4 aliphatic rings. The molecule has 0 amide bonds. The third kappa shape index (κ3) is 6.47. The van der Waals surface area contributed by atoms with Crippen molar-refractivity contribution >= 4 is 65.4 Å². The van der Waals surface area contributed by atoms with E-state index in [2.05, 4.69) is 347 Å². The Morgan fingerprint density at radius 2 is 0.433 bits per heavy atom. The predicted octanol–water partition coefficient (Wildman–Crippen LogP) is 22.9. The van der Waals surface area contributed by atoms with Gasteiger partial charge < -0.3 is 13.7 Å². The largest absolute Gasteiger partial charge is 0.308 e. The van der Waals surface area contributed by atoms with E-state index in [1.165, 1.54) is 89.0 Å². The van der Waals surface area contributed by atoms with E-state index >= 15 is 0 Å². The summed E-state index contributed by atoms with van der Waals surface area (Å²) in [5.41, 5.74) is 31.7. The summed E-state index contributed by atoms with van der Waals surface area (Å²) < 4.78 is 7.49. The Morgan fingerprint density at radius 1 is 0.216 bits per heavy atom. The Labute approximate surface area is 559 Å². The Balaban J connectivity index is 1.00. The zero-order chi connectivity index (χ0) is 63.4. The van der Waals surface area contributed by atoms with Crippen LogP contribution in [0.25, 0.3) is 149 Å². The smallest absolute Gasteiger partial charge is 0.104 e. The zero-order valence-corrected chi connectivity index (χ0v) is 52.5. The molecule has 0 saturated heterocycles. The fraction of sp³-hybridized carbons (Fsp3) is 0.0215. The minimum atomic E-state index is -0.671. The summed E-state index contributed by atoms with van der Waals surface area (Å²) in [4.78, 5) is 0. The molecule has 0 fully saturated rings. The maximum atomic E-state index is 13.4. The quantitative estimate of drug-likeness (QED) is 0.169. The topological polar surface area (TPSA) is 38.6 Å². The molecule has 2 spiro atoms. The highest BCUT2D eigenvalue weighted by molar-refractivity contribution is 6.17. The highest BCUT2D eigenvalue weighted by Crippen LogP contribution is 2.66. The predicted molar refractivity (Wildman–Crippen MR) is 398 cm³/mol. The van der Waals surface area contributed by atoms with Gasteiger partial charge in [-0.05, 0) is 149 Å². The van der Waals surface area contributed by atoms with E-state index in [9.17, 15) is 5.26 Å². The second-order valence-electron chi connectivity index (χ2n) is 26.7. The van der Waals surface area contributed by atoms with Gasteiger partial charge in [-0.3, -0.25) is 0 Å². The second kappa shape index (κ2) is 19.2. The van der Waals surface area contributed by atoms with Crippen LogP contribution in [0.3, 0.4) is 0 Å². The third-order valence-electron chi connectivity index (χ3n) is 22.5. The molecular weight excluding hydrogens is 1170 g/mol. The third-order valence-corrected chi connectivity index (χ3v) is 22.5. The van der Waals surface area contributed by atoms with Gasteiger partial charge in [0.05, 0.1) is 61.0 Å². The summed E-state index contributed by atoms with van der Waals surface area (Å²) in [5, 5.41) is 20.1. The van der Waals surface area contributed by atoms with Crippen molar-refractivity contribution in [3.05, 3.63) is 378 Å². The molecule has 0 N–H and O–H groups in total. The SMILES string of the molecule is N#Cc1c(-n2c3ccccc3c3ccccc32)c(-c2ccc3c(c2)C2(c4ccccc4-c4ccccc42)c2ccccc2-3)c(-n2c3ccccc3c3ccccc32)c(-c2ccc3c(c2)C2(c4ccccc4-c4ccccc42)c2ccccc2-3)c1-n1c2ccccc2c2ccccc21. The molecule has 3 aromatic heterocycles. The van der Waals surface area contributed by atoms with Crippen LogP contribution in [-0.4, -0.2) is 13.7 Å². The van der Waals surface area contributed by atoms with Crippen molar-refractivity contribution in [1.29, 1.82) is 5.26 Å². The molecule has 4 aliphatic carbocycles. The molecule has 0 bridgehead atoms. The van der Waals surface area contributed by atoms with Crippen LogP contribution in [0.5, 0.6) is 0 Å². The number of hydrogen-bond donors (Lipinski definition) is 0. The van der Waals surface area contributed by atoms with E-state index in [0.717, 1.165) is 105 Å². The maximum Gasteiger partial charge on any atom is 0.104 e. The summed E-state index contributed by atoms with van der Waals surface area (Å²) >= 11 is 0. The van der Waals surface area contributed by atoms with Gasteiger partial charge in [0.25, 0.3) is 0 Å². The summed E-state index contributed by atoms with van der Waals surface area (Å²) in [6, 6.07) is 126. The van der Waals surface area contributed by atoms with Crippen molar-refractivity contribution in [2.75, 3.05) is 0 Å². The fourth-order valence-electron chi connectivity index (χ4n) is 19.0. The number of nitrogens with zero attached hydrogens (tertiary/aromatic N) is 4. The van der Waals surface area contributed by atoms with Gasteiger partial charge in [0.1, 0.15) is 11.6 Å². The van der Waals surface area contributed by atoms with Crippen LogP contribution < -0.4 is 0 Å². The van der Waals surface area contributed by atoms with E-state index in [0.29, 0.717) is 5.56 Å². The second-order valence-corrected chi connectivity index (χ2v) is 26.7. The van der Waals surface area contributed by atoms with E-state index in [1.54, 1.807) is 0 Å². The molecule has 0 saturated carbocycles. The average molecular weight is 1230 g/mol. The fourth-order valence-corrected chi connectivity index (χ4v) is 19.0. The van der Waals surface area contributed by atoms with E-state index in [-0.39, 0.29) is 0 Å². The first-order valence-corrected chi connectivity index (χ1v) is 33.6. The Morgan fingerprint density at radius 3 is 0.691 bits per heavy atom. The first-order valence-electron chi connectivity index (χ1n) is 33.6. The number of para-hydroxylation sites is 6. The lowest BCUT2D eigenvalue weighted by Gasteiger charge is -2.32. The molecule has 18 aromatic rings. The molecule has 3 heterocycles. The molecule has 97 heavy (non-hydrogen) atoms. The molecule has 15 aromatic carbocycles. The number of hydrogen-bond acceptors (Lipinski definition) is 1. The summed E-state index contributed by atoms with van der Waals surface area (Å²) in [5.74, 6) is 0. The van der Waals surface area contributed by atoms with Gasteiger partial charge in [-0.15, -0.1) is 0 Å². The van der Waals surface area contributed by atoms with Crippen LogP contribution in [0.15, 0.2) is 328 Å². The molecular formula is C93H54N4. The molecule has 0 aliphatic heterocycles. The minimum Gasteiger partial charge on any atom is -0.308 e. The maximum absolute atomic E-state index is 13.4. The van der Waals surface area contributed by atoms with Gasteiger partial charge in [-0.1, -0.05) is 279 Å². The van der Waals surface area contributed by atoms with Gasteiger partial charge >= 0.3 is 0 Å². The molecule has 0 unspecified atom stereocenters. The molecule has 446 valence electrons. The lowest BCUT2D eigenvalue weighted by molar-refractivity contribution is 0.794. The number of rotatable bonds is 5. The van der Waals surface area contributed by atoms with Gasteiger partial charge in [-0.2, -0.15) is 5.26 Å². The Bertz CT molecular complexity index is 5990. The Kier molecular flexibility index (Phi) is 10.4. The van der Waals surface area contributed by atoms with Crippen LogP contribution in [0.2, 0.25) is 0 Å². The molecule has 4 nitrogen and oxygen atoms in total. The standard InChI is InChI=1S/C93H54N4/c94-55-72-89(95-81-43-19-7-31-66(81)67-32-8-20-44-82(67)95)87(56-49-51-64-62-29-5-17-41-77(62)92(79(64)53-56)73-37-13-1-25-58(73)59-26-2-14-38-74(59)92)91(97-85-47-23-11-35-70(85)71-36-12-24-48-86(71)97)88(90(72)96-83-45-21-9-33-68(83)69-34-10-22-46-84(69)96)57-50-52-65-63-30-6-18-42-78(63)93(80(65)54-57)75-39-15-3-27-60(75)61-28-4-16-40-76(61)93/h1-54H. The van der Waals surface area contributed by atoms with Crippen molar-refractivity contribution in [2.24, 2.45) is 0 Å². The minimum absolute atomic E-state index is 0.553. The van der Waals surface area contributed by atoms with Crippen molar-refractivity contribution in [3.63, 3.8) is 0 Å². The van der Waals surface area contributed by atoms with Crippen molar-refractivity contribution in [2.45, 2.75) is 10.8 Å². The van der Waals surface area contributed by atoms with Crippen LogP contribution >= 0.6 is 0 Å². The first kappa shape index (κ1) is 52.7. The summed E-state index contributed by atoms with van der Waals surface area (Å²) in [6.45, 7) is 0. The van der Waals surface area contributed by atoms with Crippen LogP contribution in [0, 0.1) is 11.3 Å². The van der Waals surface area contributed by atoms with Crippen molar-refractivity contribution in [1.82, 2.24) is 13.7 Å². The highest BCUT2D eigenvalue weighted by atomic mass is 15.1. The van der Waals surface area contributed by atoms with Gasteiger partial charge in [0, 0.05) is 43.4 Å². The zero-order valence-electron chi connectivity index (χ0n) is 52.5. The van der Waals surface area contributed by atoms with Gasteiger partial charge in [0.2, 0.25) is 0 Å². The van der Waals surface area contributed by atoms with Gasteiger partial charge in [0.15, 0.2) is 0 Å². The Hall–Kier alpha value is -12.8. The lowest BCUT2D eigenvalue weighted by Crippen LogP contribution is -2.26. The number of nitriles is 1. The van der Waals surface area contributed by atoms with Crippen molar-refractivity contribution < 1.29 is 0 Å². The van der Waals surface area contributed by atoms with Crippen LogP contribution in [-0.2, 0) is 10.8 Å². The van der Waals surface area contributed by atoms with Crippen LogP contribution in [0.4, 0.5) is 0 Å². The van der Waals surface area contributed by atoms with E-state index < -0.39 is 10.8 Å². The molecule has 0 radical (unpaired) electrons. The van der Waals surface area contributed by atoms with Gasteiger partial charge in [-0.25, -0.2) is 0 Å². The normalized spacial score (nSPS) is 13.7. The first-order chi connectivity index (χ1) is 48.2. The summed E-state index contributed by atoms with van der Waals surface area (Å²) in [7, 11) is 0. The number of fused-ring (bicyclic) bond motifs is 29. The lowest BCUT2D eigenvalue weighted by atomic mass is 9.70. The molecule has 0 atom stereocenters. The number of aromatic nitrogens is 3. The van der Waals surface area contributed by atoms with E-state index in [4.69, 9.17) is 0 Å². The molecule has 4 heteroatoms. The molecule has 22 rings (SSSR count). The summed E-state index contributed by atoms with van der Waals surface area (Å²) in [6.07, 6.45) is 0. The number of benzene rings is 15. The highest BCUT2D eigenvalue weighted by Gasteiger charge is 2.54. The average Bonchev–Trinajstić information content (AvgIpc) is 1.67.